The fourth-order valence-electron chi connectivity index (χ4n) is 2.38. The van der Waals surface area contributed by atoms with Crippen LogP contribution in [-0.4, -0.2) is 18.2 Å². The van der Waals surface area contributed by atoms with Crippen LogP contribution >= 0.6 is 11.8 Å². The number of allylic oxidation sites excluding steroid dienone is 1. The second-order valence-electron chi connectivity index (χ2n) is 5.19. The number of amides is 1. The molecule has 1 aromatic rings. The second kappa shape index (κ2) is 8.85. The Kier molecular flexibility index (Phi) is 6.72. The minimum Gasteiger partial charge on any atom is -0.355 e. The summed E-state index contributed by atoms with van der Waals surface area (Å²) in [7, 11) is 0. The van der Waals surface area contributed by atoms with E-state index in [-0.39, 0.29) is 5.91 Å². The minimum atomic E-state index is 0.155. The van der Waals surface area contributed by atoms with Crippen LogP contribution in [0.4, 0.5) is 0 Å². The van der Waals surface area contributed by atoms with Crippen LogP contribution in [-0.2, 0) is 10.5 Å². The third-order valence-electron chi connectivity index (χ3n) is 3.50. The van der Waals surface area contributed by atoms with Gasteiger partial charge in [-0.05, 0) is 37.7 Å². The predicted molar refractivity (Wildman–Crippen MR) is 86.8 cm³/mol. The van der Waals surface area contributed by atoms with E-state index in [1.54, 1.807) is 11.8 Å². The maximum absolute atomic E-state index is 11.7. The summed E-state index contributed by atoms with van der Waals surface area (Å²) in [5, 5.41) is 3.02. The molecule has 2 rings (SSSR count). The van der Waals surface area contributed by atoms with Gasteiger partial charge in [-0.2, -0.15) is 0 Å². The molecule has 0 bridgehead atoms. The van der Waals surface area contributed by atoms with Gasteiger partial charge in [0.05, 0.1) is 5.75 Å². The zero-order chi connectivity index (χ0) is 14.0. The minimum absolute atomic E-state index is 0.155. The number of hydrogen-bond donors (Lipinski definition) is 1. The fraction of sp³-hybridized carbons (Fsp3) is 0.471. The van der Waals surface area contributed by atoms with Crippen LogP contribution in [0.3, 0.4) is 0 Å². The zero-order valence-electron chi connectivity index (χ0n) is 11.9. The summed E-state index contributed by atoms with van der Waals surface area (Å²) in [5.41, 5.74) is 2.80. The van der Waals surface area contributed by atoms with Crippen molar-refractivity contribution in [3.63, 3.8) is 0 Å². The van der Waals surface area contributed by atoms with Gasteiger partial charge in [0.1, 0.15) is 0 Å². The highest BCUT2D eigenvalue weighted by atomic mass is 32.2. The van der Waals surface area contributed by atoms with Gasteiger partial charge in [-0.1, -0.05) is 42.0 Å². The van der Waals surface area contributed by atoms with E-state index in [0.717, 1.165) is 18.7 Å². The van der Waals surface area contributed by atoms with E-state index in [1.165, 1.54) is 36.8 Å². The van der Waals surface area contributed by atoms with Gasteiger partial charge >= 0.3 is 0 Å². The molecule has 1 N–H and O–H groups in total. The van der Waals surface area contributed by atoms with Crippen LogP contribution in [0.2, 0.25) is 0 Å². The van der Waals surface area contributed by atoms with E-state index in [0.29, 0.717) is 5.75 Å². The Balaban J connectivity index is 1.55. The number of rotatable bonds is 7. The molecule has 0 saturated carbocycles. The molecule has 1 amide bonds. The molecular formula is C17H23NOS. The summed E-state index contributed by atoms with van der Waals surface area (Å²) in [5.74, 6) is 1.61. The predicted octanol–water partition coefficient (Wildman–Crippen LogP) is 3.93. The van der Waals surface area contributed by atoms with Gasteiger partial charge < -0.3 is 5.32 Å². The Hall–Kier alpha value is -1.22. The standard InChI is InChI=1S/C17H23NOS/c19-17(14-20-13-16-9-5-2-6-10-16)18-12-11-15-7-3-1-4-8-15/h2,5-7,9-10H,1,3-4,8,11-14H2,(H,18,19). The average Bonchev–Trinajstić information content (AvgIpc) is 2.49. The van der Waals surface area contributed by atoms with Crippen molar-refractivity contribution in [1.82, 2.24) is 5.32 Å². The van der Waals surface area contributed by atoms with E-state index in [9.17, 15) is 4.79 Å². The van der Waals surface area contributed by atoms with Crippen LogP contribution in [0, 0.1) is 0 Å². The third kappa shape index (κ3) is 5.83. The first-order chi connectivity index (χ1) is 9.84. The first kappa shape index (κ1) is 15.2. The van der Waals surface area contributed by atoms with Crippen molar-refractivity contribution >= 4 is 17.7 Å². The van der Waals surface area contributed by atoms with Gasteiger partial charge in [-0.25, -0.2) is 0 Å². The Morgan fingerprint density at radius 2 is 2.05 bits per heavy atom. The van der Waals surface area contributed by atoms with Crippen LogP contribution in [0.15, 0.2) is 42.0 Å². The molecule has 2 nitrogen and oxygen atoms in total. The molecular weight excluding hydrogens is 266 g/mol. The van der Waals surface area contributed by atoms with Crippen molar-refractivity contribution in [2.75, 3.05) is 12.3 Å². The maximum Gasteiger partial charge on any atom is 0.230 e. The third-order valence-corrected chi connectivity index (χ3v) is 4.50. The fourth-order valence-corrected chi connectivity index (χ4v) is 3.20. The van der Waals surface area contributed by atoms with Crippen molar-refractivity contribution < 1.29 is 4.79 Å². The molecule has 0 aromatic heterocycles. The first-order valence-electron chi connectivity index (χ1n) is 7.41. The van der Waals surface area contributed by atoms with Crippen molar-refractivity contribution in [2.45, 2.75) is 37.9 Å². The SMILES string of the molecule is O=C(CSCc1ccccc1)NCCC1=CCCCC1. The molecule has 0 radical (unpaired) electrons. The van der Waals surface area contributed by atoms with E-state index in [2.05, 4.69) is 23.5 Å². The molecule has 0 spiro atoms. The van der Waals surface area contributed by atoms with Crippen molar-refractivity contribution in [1.29, 1.82) is 0 Å². The van der Waals surface area contributed by atoms with Gasteiger partial charge in [0, 0.05) is 12.3 Å². The zero-order valence-corrected chi connectivity index (χ0v) is 12.8. The highest BCUT2D eigenvalue weighted by molar-refractivity contribution is 7.99. The van der Waals surface area contributed by atoms with Crippen LogP contribution in [0.5, 0.6) is 0 Å². The lowest BCUT2D eigenvalue weighted by Crippen LogP contribution is -2.26. The topological polar surface area (TPSA) is 29.1 Å². The molecule has 108 valence electrons. The van der Waals surface area contributed by atoms with Crippen molar-refractivity contribution in [3.05, 3.63) is 47.5 Å². The highest BCUT2D eigenvalue weighted by Crippen LogP contribution is 2.19. The van der Waals surface area contributed by atoms with E-state index >= 15 is 0 Å². The first-order valence-corrected chi connectivity index (χ1v) is 8.56. The molecule has 0 unspecified atom stereocenters. The average molecular weight is 289 g/mol. The number of carbonyl (C=O) groups excluding carboxylic acids is 1. The molecule has 3 heteroatoms. The summed E-state index contributed by atoms with van der Waals surface area (Å²) >= 11 is 1.67. The molecule has 1 aliphatic carbocycles. The summed E-state index contributed by atoms with van der Waals surface area (Å²) in [4.78, 5) is 11.7. The molecule has 20 heavy (non-hydrogen) atoms. The molecule has 0 fully saturated rings. The number of benzene rings is 1. The van der Waals surface area contributed by atoms with E-state index < -0.39 is 0 Å². The van der Waals surface area contributed by atoms with Crippen LogP contribution in [0.25, 0.3) is 0 Å². The van der Waals surface area contributed by atoms with E-state index in [4.69, 9.17) is 0 Å². The Morgan fingerprint density at radius 1 is 1.20 bits per heavy atom. The monoisotopic (exact) mass is 289 g/mol. The number of hydrogen-bond acceptors (Lipinski definition) is 2. The summed E-state index contributed by atoms with van der Waals surface area (Å²) in [6, 6.07) is 10.3. The van der Waals surface area contributed by atoms with Gasteiger partial charge in [0.25, 0.3) is 0 Å². The Bertz CT molecular complexity index is 442. The molecule has 1 aliphatic rings. The quantitative estimate of drug-likeness (QED) is 0.771. The molecule has 1 aromatic carbocycles. The van der Waals surface area contributed by atoms with Crippen molar-refractivity contribution in [2.24, 2.45) is 0 Å². The van der Waals surface area contributed by atoms with Gasteiger partial charge in [0.2, 0.25) is 5.91 Å². The highest BCUT2D eigenvalue weighted by Gasteiger charge is 2.05. The van der Waals surface area contributed by atoms with E-state index in [1.807, 2.05) is 18.2 Å². The number of nitrogens with one attached hydrogen (secondary N) is 1. The lowest BCUT2D eigenvalue weighted by Gasteiger charge is -2.12. The lowest BCUT2D eigenvalue weighted by molar-refractivity contribution is -0.118. The number of thioether (sulfide) groups is 1. The maximum atomic E-state index is 11.7. The lowest BCUT2D eigenvalue weighted by atomic mass is 9.97. The van der Waals surface area contributed by atoms with Crippen LogP contribution < -0.4 is 5.32 Å². The normalized spacial score (nSPS) is 14.7. The van der Waals surface area contributed by atoms with Gasteiger partial charge in [0.15, 0.2) is 0 Å². The van der Waals surface area contributed by atoms with Crippen molar-refractivity contribution in [3.8, 4) is 0 Å². The second-order valence-corrected chi connectivity index (χ2v) is 6.17. The molecule has 0 heterocycles. The van der Waals surface area contributed by atoms with Gasteiger partial charge in [-0.3, -0.25) is 4.79 Å². The summed E-state index contributed by atoms with van der Waals surface area (Å²) in [6.07, 6.45) is 8.45. The summed E-state index contributed by atoms with van der Waals surface area (Å²) < 4.78 is 0. The molecule has 0 saturated heterocycles. The smallest absolute Gasteiger partial charge is 0.230 e. The Morgan fingerprint density at radius 3 is 2.80 bits per heavy atom. The number of carbonyl (C=O) groups is 1. The van der Waals surface area contributed by atoms with Gasteiger partial charge in [-0.15, -0.1) is 11.8 Å². The summed E-state index contributed by atoms with van der Waals surface area (Å²) in [6.45, 7) is 0.788. The molecule has 0 atom stereocenters. The Labute approximate surface area is 126 Å². The largest absolute Gasteiger partial charge is 0.355 e. The molecule has 0 aliphatic heterocycles. The van der Waals surface area contributed by atoms with Crippen LogP contribution in [0.1, 0.15) is 37.7 Å².